The van der Waals surface area contributed by atoms with E-state index in [0.29, 0.717) is 13.0 Å². The molecule has 0 atom stereocenters. The van der Waals surface area contributed by atoms with Crippen LogP contribution in [0.25, 0.3) is 0 Å². The maximum Gasteiger partial charge on any atom is 0.331 e. The van der Waals surface area contributed by atoms with Crippen molar-refractivity contribution in [1.29, 1.82) is 5.26 Å². The lowest BCUT2D eigenvalue weighted by molar-refractivity contribution is -0.145. The van der Waals surface area contributed by atoms with Gasteiger partial charge in [0.1, 0.15) is 6.61 Å². The van der Waals surface area contributed by atoms with Crippen LogP contribution in [0, 0.1) is 11.3 Å². The van der Waals surface area contributed by atoms with Crippen LogP contribution in [0.15, 0.2) is 0 Å². The minimum atomic E-state index is -0.365. The maximum atomic E-state index is 10.5. The topological polar surface area (TPSA) is 59.3 Å². The van der Waals surface area contributed by atoms with Gasteiger partial charge >= 0.3 is 5.97 Å². The second kappa shape index (κ2) is 8.02. The zero-order valence-electron chi connectivity index (χ0n) is 7.21. The molecule has 0 aliphatic carbocycles. The van der Waals surface area contributed by atoms with Gasteiger partial charge in [-0.15, -0.1) is 0 Å². The molecule has 0 N–H and O–H groups in total. The van der Waals surface area contributed by atoms with Crippen molar-refractivity contribution in [2.45, 2.75) is 19.3 Å². The zero-order valence-corrected chi connectivity index (χ0v) is 7.21. The Labute approximate surface area is 72.1 Å². The Bertz CT molecular complexity index is 162. The molecular formula is C8H13NO3. The molecule has 0 aromatic heterocycles. The highest BCUT2D eigenvalue weighted by Crippen LogP contribution is 1.93. The van der Waals surface area contributed by atoms with Crippen molar-refractivity contribution < 1.29 is 14.3 Å². The van der Waals surface area contributed by atoms with E-state index in [4.69, 9.17) is 10.00 Å². The van der Waals surface area contributed by atoms with E-state index in [9.17, 15) is 4.79 Å². The van der Waals surface area contributed by atoms with Crippen LogP contribution in [-0.4, -0.2) is 26.3 Å². The lowest BCUT2D eigenvalue weighted by Gasteiger charge is -2.00. The third kappa shape index (κ3) is 7.03. The van der Waals surface area contributed by atoms with E-state index >= 15 is 0 Å². The Kier molecular flexibility index (Phi) is 7.30. The van der Waals surface area contributed by atoms with Crippen LogP contribution < -0.4 is 0 Å². The van der Waals surface area contributed by atoms with Crippen molar-refractivity contribution in [3.63, 3.8) is 0 Å². The van der Waals surface area contributed by atoms with E-state index in [0.717, 1.165) is 12.8 Å². The molecule has 0 aliphatic rings. The summed E-state index contributed by atoms with van der Waals surface area (Å²) in [4.78, 5) is 10.5. The smallest absolute Gasteiger partial charge is 0.331 e. The van der Waals surface area contributed by atoms with Gasteiger partial charge in [-0.25, -0.2) is 4.79 Å². The van der Waals surface area contributed by atoms with E-state index in [1.54, 1.807) is 0 Å². The van der Waals surface area contributed by atoms with E-state index in [1.807, 2.05) is 6.07 Å². The Balaban J connectivity index is 3.01. The summed E-state index contributed by atoms with van der Waals surface area (Å²) in [5, 5.41) is 8.18. The summed E-state index contributed by atoms with van der Waals surface area (Å²) in [6, 6.07) is 2.03. The maximum absolute atomic E-state index is 10.5. The fraction of sp³-hybridized carbons (Fsp3) is 0.750. The van der Waals surface area contributed by atoms with Gasteiger partial charge in [-0.3, -0.25) is 0 Å². The van der Waals surface area contributed by atoms with Gasteiger partial charge in [-0.2, -0.15) is 5.26 Å². The van der Waals surface area contributed by atoms with Crippen molar-refractivity contribution in [3.8, 4) is 6.07 Å². The van der Waals surface area contributed by atoms with Crippen molar-refractivity contribution in [3.05, 3.63) is 0 Å². The average molecular weight is 171 g/mol. The summed E-state index contributed by atoms with van der Waals surface area (Å²) in [5.74, 6) is -0.365. The summed E-state index contributed by atoms with van der Waals surface area (Å²) in [5.41, 5.74) is 0. The normalized spacial score (nSPS) is 9.00. The summed E-state index contributed by atoms with van der Waals surface area (Å²) >= 11 is 0. The van der Waals surface area contributed by atoms with Crippen molar-refractivity contribution >= 4 is 5.97 Å². The molecule has 0 heterocycles. The number of methoxy groups -OCH3 is 1. The molecular weight excluding hydrogens is 158 g/mol. The van der Waals surface area contributed by atoms with Crippen molar-refractivity contribution in [2.24, 2.45) is 0 Å². The molecule has 12 heavy (non-hydrogen) atoms. The standard InChI is InChI=1S/C8H13NO3/c1-11-8(10)7-12-6-4-2-3-5-9/h2-4,6-7H2,1H3. The van der Waals surface area contributed by atoms with Gasteiger partial charge in [0.15, 0.2) is 0 Å². The van der Waals surface area contributed by atoms with Gasteiger partial charge in [-0.1, -0.05) is 0 Å². The largest absolute Gasteiger partial charge is 0.467 e. The molecule has 0 radical (unpaired) electrons. The number of rotatable bonds is 6. The molecule has 0 unspecified atom stereocenters. The van der Waals surface area contributed by atoms with Gasteiger partial charge < -0.3 is 9.47 Å². The van der Waals surface area contributed by atoms with Crippen LogP contribution in [-0.2, 0) is 14.3 Å². The number of unbranched alkanes of at least 4 members (excludes halogenated alkanes) is 2. The van der Waals surface area contributed by atoms with Crippen LogP contribution in [0.1, 0.15) is 19.3 Å². The Hall–Kier alpha value is -1.08. The highest BCUT2D eigenvalue weighted by molar-refractivity contribution is 5.70. The molecule has 0 aliphatic heterocycles. The molecule has 0 saturated carbocycles. The molecule has 4 nitrogen and oxygen atoms in total. The number of hydrogen-bond donors (Lipinski definition) is 0. The second-order valence-corrected chi connectivity index (χ2v) is 2.24. The van der Waals surface area contributed by atoms with Gasteiger partial charge in [0.05, 0.1) is 13.2 Å². The number of carbonyl (C=O) groups excluding carboxylic acids is 1. The predicted octanol–water partition coefficient (Wildman–Crippen LogP) is 0.870. The number of esters is 1. The Morgan fingerprint density at radius 3 is 2.83 bits per heavy atom. The Morgan fingerprint density at radius 1 is 1.50 bits per heavy atom. The van der Waals surface area contributed by atoms with E-state index in [1.165, 1.54) is 7.11 Å². The number of nitriles is 1. The van der Waals surface area contributed by atoms with Crippen LogP contribution in [0.5, 0.6) is 0 Å². The molecule has 0 saturated heterocycles. The van der Waals surface area contributed by atoms with Crippen LogP contribution in [0.2, 0.25) is 0 Å². The zero-order chi connectivity index (χ0) is 9.23. The molecule has 0 fully saturated rings. The van der Waals surface area contributed by atoms with Crippen LogP contribution in [0.4, 0.5) is 0 Å². The van der Waals surface area contributed by atoms with E-state index < -0.39 is 0 Å². The van der Waals surface area contributed by atoms with Gasteiger partial charge in [0.2, 0.25) is 0 Å². The van der Waals surface area contributed by atoms with Crippen molar-refractivity contribution in [1.82, 2.24) is 0 Å². The molecule has 4 heteroatoms. The second-order valence-electron chi connectivity index (χ2n) is 2.24. The molecule has 68 valence electrons. The lowest BCUT2D eigenvalue weighted by Crippen LogP contribution is -2.10. The first-order valence-corrected chi connectivity index (χ1v) is 3.82. The number of carbonyl (C=O) groups is 1. The summed E-state index contributed by atoms with van der Waals surface area (Å²) < 4.78 is 9.31. The number of hydrogen-bond acceptors (Lipinski definition) is 4. The van der Waals surface area contributed by atoms with Crippen molar-refractivity contribution in [2.75, 3.05) is 20.3 Å². The average Bonchev–Trinajstić information content (AvgIpc) is 2.10. The monoisotopic (exact) mass is 171 g/mol. The third-order valence-corrected chi connectivity index (χ3v) is 1.27. The SMILES string of the molecule is COC(=O)COCCCCC#N. The van der Waals surface area contributed by atoms with Gasteiger partial charge in [0, 0.05) is 13.0 Å². The Morgan fingerprint density at radius 2 is 2.25 bits per heavy atom. The van der Waals surface area contributed by atoms with E-state index in [2.05, 4.69) is 4.74 Å². The molecule has 0 aromatic carbocycles. The summed E-state index contributed by atoms with van der Waals surface area (Å²) in [7, 11) is 1.32. The molecule has 0 amide bonds. The lowest BCUT2D eigenvalue weighted by atomic mass is 10.3. The molecule has 0 spiro atoms. The molecule has 0 bridgehead atoms. The van der Waals surface area contributed by atoms with Crippen LogP contribution in [0.3, 0.4) is 0 Å². The minimum absolute atomic E-state index is 0.00303. The highest BCUT2D eigenvalue weighted by atomic mass is 16.6. The van der Waals surface area contributed by atoms with Gasteiger partial charge in [0.25, 0.3) is 0 Å². The van der Waals surface area contributed by atoms with Crippen LogP contribution >= 0.6 is 0 Å². The summed E-state index contributed by atoms with van der Waals surface area (Å²) in [6.45, 7) is 0.514. The first-order valence-electron chi connectivity index (χ1n) is 3.82. The minimum Gasteiger partial charge on any atom is -0.467 e. The fourth-order valence-electron chi connectivity index (χ4n) is 0.623. The molecule has 0 aromatic rings. The van der Waals surface area contributed by atoms with E-state index in [-0.39, 0.29) is 12.6 Å². The number of nitrogens with zero attached hydrogens (tertiary/aromatic N) is 1. The summed E-state index contributed by atoms with van der Waals surface area (Å²) in [6.07, 6.45) is 2.17. The van der Waals surface area contributed by atoms with Gasteiger partial charge in [-0.05, 0) is 12.8 Å². The molecule has 0 rings (SSSR count). The number of ether oxygens (including phenoxy) is 2. The predicted molar refractivity (Wildman–Crippen MR) is 42.3 cm³/mol. The first kappa shape index (κ1) is 10.9. The quantitative estimate of drug-likeness (QED) is 0.439. The highest BCUT2D eigenvalue weighted by Gasteiger charge is 1.98. The first-order chi connectivity index (χ1) is 5.81. The third-order valence-electron chi connectivity index (χ3n) is 1.27. The fourth-order valence-corrected chi connectivity index (χ4v) is 0.623.